The van der Waals surface area contributed by atoms with E-state index in [0.29, 0.717) is 40.4 Å². The highest BCUT2D eigenvalue weighted by Gasteiger charge is 2.26. The van der Waals surface area contributed by atoms with Gasteiger partial charge in [0.15, 0.2) is 0 Å². The highest BCUT2D eigenvalue weighted by Crippen LogP contribution is 2.21. The first-order valence-electron chi connectivity index (χ1n) is 15.0. The van der Waals surface area contributed by atoms with Crippen LogP contribution in [-0.4, -0.2) is 66.0 Å². The van der Waals surface area contributed by atoms with E-state index in [4.69, 9.17) is 4.74 Å². The van der Waals surface area contributed by atoms with Gasteiger partial charge in [-0.1, -0.05) is 47.7 Å². The molecule has 0 saturated heterocycles. The van der Waals surface area contributed by atoms with Crippen molar-refractivity contribution in [2.45, 2.75) is 19.0 Å². The Morgan fingerprint density at radius 1 is 0.833 bits per heavy atom. The summed E-state index contributed by atoms with van der Waals surface area (Å²) < 4.78 is 11.3. The van der Waals surface area contributed by atoms with Crippen molar-refractivity contribution < 1.29 is 28.7 Å². The minimum Gasteiger partial charge on any atom is -0.497 e. The highest BCUT2D eigenvalue weighted by atomic mass is 16.5. The Balaban J connectivity index is 1.21. The van der Waals surface area contributed by atoms with Crippen LogP contribution in [0.4, 0.5) is 11.4 Å². The molecule has 12 nitrogen and oxygen atoms in total. The van der Waals surface area contributed by atoms with Gasteiger partial charge < -0.3 is 25.0 Å². The summed E-state index contributed by atoms with van der Waals surface area (Å²) in [6.45, 7) is -0.152. The number of rotatable bonds is 12. The van der Waals surface area contributed by atoms with Crippen LogP contribution in [-0.2, 0) is 27.3 Å². The van der Waals surface area contributed by atoms with Crippen LogP contribution in [0.5, 0.6) is 5.75 Å². The van der Waals surface area contributed by atoms with E-state index < -0.39 is 17.9 Å². The van der Waals surface area contributed by atoms with Gasteiger partial charge >= 0.3 is 5.97 Å². The predicted octanol–water partition coefficient (Wildman–Crippen LogP) is 4.38. The predicted molar refractivity (Wildman–Crippen MR) is 180 cm³/mol. The van der Waals surface area contributed by atoms with Crippen LogP contribution in [0.2, 0.25) is 0 Å². The molecule has 0 aliphatic carbocycles. The third kappa shape index (κ3) is 8.29. The molecule has 5 rings (SSSR count). The Bertz CT molecular complexity index is 1870. The zero-order valence-electron chi connectivity index (χ0n) is 26.6. The Morgan fingerprint density at radius 3 is 2.15 bits per heavy atom. The van der Waals surface area contributed by atoms with Gasteiger partial charge in [0.25, 0.3) is 5.91 Å². The molecule has 0 spiro atoms. The van der Waals surface area contributed by atoms with E-state index in [1.807, 2.05) is 30.3 Å². The molecule has 244 valence electrons. The standard InChI is InChI=1S/C36H34N6O6/c1-41(29-17-19-30(47-2)20-18-29)35(45)31(21-24-7-5-4-6-8-24)38-33(43)23-42-22-32(39-40-42)25-13-15-28(16-14-25)37-34(44)26-9-11-27(12-10-26)36(46)48-3/h4-20,22,31H,21,23H2,1-3H3,(H,37,44)(H,38,43)/t31-/m0/s1. The average Bonchev–Trinajstić information content (AvgIpc) is 3.59. The molecule has 1 heterocycles. The van der Waals surface area contributed by atoms with Crippen molar-refractivity contribution in [1.29, 1.82) is 0 Å². The number of carbonyl (C=O) groups excluding carboxylic acids is 4. The van der Waals surface area contributed by atoms with E-state index in [9.17, 15) is 19.2 Å². The molecule has 3 amide bonds. The molecule has 1 aromatic heterocycles. The zero-order chi connectivity index (χ0) is 34.0. The molecular formula is C36H34N6O6. The van der Waals surface area contributed by atoms with Gasteiger partial charge in [0, 0.05) is 36.0 Å². The number of nitrogens with zero attached hydrogens (tertiary/aromatic N) is 4. The number of nitrogens with one attached hydrogen (secondary N) is 2. The molecule has 0 aliphatic heterocycles. The summed E-state index contributed by atoms with van der Waals surface area (Å²) in [5.74, 6) is -0.825. The summed E-state index contributed by atoms with van der Waals surface area (Å²) in [6.07, 6.45) is 1.93. The van der Waals surface area contributed by atoms with Crippen LogP contribution in [0.1, 0.15) is 26.3 Å². The lowest BCUT2D eigenvalue weighted by Crippen LogP contribution is -2.49. The lowest BCUT2D eigenvalue weighted by molar-refractivity contribution is -0.127. The molecule has 0 aliphatic rings. The maximum Gasteiger partial charge on any atom is 0.337 e. The molecule has 0 radical (unpaired) electrons. The van der Waals surface area contributed by atoms with E-state index in [1.54, 1.807) is 81.0 Å². The van der Waals surface area contributed by atoms with Gasteiger partial charge in [-0.05, 0) is 66.2 Å². The summed E-state index contributed by atoms with van der Waals surface area (Å²) in [6, 6.07) is 28.9. The van der Waals surface area contributed by atoms with Crippen LogP contribution in [0.25, 0.3) is 11.3 Å². The van der Waals surface area contributed by atoms with E-state index in [1.165, 1.54) is 28.8 Å². The smallest absolute Gasteiger partial charge is 0.337 e. The summed E-state index contributed by atoms with van der Waals surface area (Å²) in [4.78, 5) is 52.6. The van der Waals surface area contributed by atoms with Gasteiger partial charge in [-0.15, -0.1) is 5.10 Å². The van der Waals surface area contributed by atoms with Crippen LogP contribution in [0, 0.1) is 0 Å². The number of hydrogen-bond acceptors (Lipinski definition) is 8. The van der Waals surface area contributed by atoms with Gasteiger partial charge in [0.05, 0.1) is 26.0 Å². The third-order valence-electron chi connectivity index (χ3n) is 7.56. The van der Waals surface area contributed by atoms with Crippen molar-refractivity contribution in [3.05, 3.63) is 126 Å². The molecule has 5 aromatic rings. The average molecular weight is 647 g/mol. The van der Waals surface area contributed by atoms with E-state index >= 15 is 0 Å². The zero-order valence-corrected chi connectivity index (χ0v) is 26.6. The van der Waals surface area contributed by atoms with E-state index in [2.05, 4.69) is 25.7 Å². The first-order chi connectivity index (χ1) is 23.2. The molecule has 0 saturated carbocycles. The van der Waals surface area contributed by atoms with Crippen molar-refractivity contribution in [2.75, 3.05) is 31.5 Å². The molecule has 1 atom stereocenters. The Kier molecular flexibility index (Phi) is 10.6. The van der Waals surface area contributed by atoms with Crippen molar-refractivity contribution in [1.82, 2.24) is 20.3 Å². The quantitative estimate of drug-likeness (QED) is 0.190. The number of anilines is 2. The largest absolute Gasteiger partial charge is 0.497 e. The number of carbonyl (C=O) groups is 4. The van der Waals surface area contributed by atoms with Crippen LogP contribution in [0.15, 0.2) is 109 Å². The lowest BCUT2D eigenvalue weighted by atomic mass is 10.0. The SMILES string of the molecule is COC(=O)c1ccc(C(=O)Nc2ccc(-c3cn(CC(=O)N[C@@H](Cc4ccccc4)C(=O)N(C)c4ccc(OC)cc4)nn3)cc2)cc1. The number of hydrogen-bond donors (Lipinski definition) is 2. The normalized spacial score (nSPS) is 11.2. The number of aromatic nitrogens is 3. The van der Waals surface area contributed by atoms with Gasteiger partial charge in [0.1, 0.15) is 24.0 Å². The van der Waals surface area contributed by atoms with Gasteiger partial charge in [-0.25, -0.2) is 9.48 Å². The van der Waals surface area contributed by atoms with Crippen molar-refractivity contribution in [3.8, 4) is 17.0 Å². The summed E-state index contributed by atoms with van der Waals surface area (Å²) >= 11 is 0. The third-order valence-corrected chi connectivity index (χ3v) is 7.56. The first-order valence-corrected chi connectivity index (χ1v) is 15.0. The lowest BCUT2D eigenvalue weighted by Gasteiger charge is -2.25. The molecule has 0 fully saturated rings. The fraction of sp³-hybridized carbons (Fsp3) is 0.167. The fourth-order valence-electron chi connectivity index (χ4n) is 4.91. The Labute approximate surface area is 277 Å². The second-order valence-electron chi connectivity index (χ2n) is 10.8. The number of likely N-dealkylation sites (N-methyl/N-ethyl adjacent to an activating group) is 1. The van der Waals surface area contributed by atoms with Crippen molar-refractivity contribution >= 4 is 35.1 Å². The van der Waals surface area contributed by atoms with Gasteiger partial charge in [-0.3, -0.25) is 14.4 Å². The Morgan fingerprint density at radius 2 is 1.50 bits per heavy atom. The first kappa shape index (κ1) is 33.1. The van der Waals surface area contributed by atoms with E-state index in [0.717, 1.165) is 11.1 Å². The molecule has 0 bridgehead atoms. The summed E-state index contributed by atoms with van der Waals surface area (Å²) in [7, 11) is 4.53. The molecule has 4 aromatic carbocycles. The molecule has 0 unspecified atom stereocenters. The second kappa shape index (κ2) is 15.3. The minimum absolute atomic E-state index is 0.152. The van der Waals surface area contributed by atoms with Crippen LogP contribution in [0.3, 0.4) is 0 Å². The number of esters is 1. The fourth-order valence-corrected chi connectivity index (χ4v) is 4.91. The topological polar surface area (TPSA) is 145 Å². The highest BCUT2D eigenvalue weighted by molar-refractivity contribution is 6.05. The minimum atomic E-state index is -0.830. The number of ether oxygens (including phenoxy) is 2. The second-order valence-corrected chi connectivity index (χ2v) is 10.8. The van der Waals surface area contributed by atoms with Gasteiger partial charge in [0.2, 0.25) is 11.8 Å². The van der Waals surface area contributed by atoms with E-state index in [-0.39, 0.29) is 18.4 Å². The molecular weight excluding hydrogens is 612 g/mol. The van der Waals surface area contributed by atoms with Gasteiger partial charge in [-0.2, -0.15) is 0 Å². The maximum absolute atomic E-state index is 13.6. The molecule has 48 heavy (non-hydrogen) atoms. The maximum atomic E-state index is 13.6. The summed E-state index contributed by atoms with van der Waals surface area (Å²) in [5, 5.41) is 14.0. The number of amides is 3. The van der Waals surface area contributed by atoms with Crippen molar-refractivity contribution in [3.63, 3.8) is 0 Å². The molecule has 2 N–H and O–H groups in total. The van der Waals surface area contributed by atoms with Crippen LogP contribution >= 0.6 is 0 Å². The number of benzene rings is 4. The monoisotopic (exact) mass is 646 g/mol. The summed E-state index contributed by atoms with van der Waals surface area (Å²) in [5.41, 5.74) is 4.10. The van der Waals surface area contributed by atoms with Crippen LogP contribution < -0.4 is 20.3 Å². The Hall–Kier alpha value is -6.30. The van der Waals surface area contributed by atoms with Crippen molar-refractivity contribution in [2.24, 2.45) is 0 Å². The molecule has 12 heteroatoms. The number of methoxy groups -OCH3 is 2.